The molecule has 0 radical (unpaired) electrons. The van der Waals surface area contributed by atoms with Gasteiger partial charge in [0.1, 0.15) is 0 Å². The summed E-state index contributed by atoms with van der Waals surface area (Å²) in [6, 6.07) is 0. The van der Waals surface area contributed by atoms with Gasteiger partial charge in [-0.15, -0.1) is 0 Å². The zero-order valence-electron chi connectivity index (χ0n) is 12.9. The summed E-state index contributed by atoms with van der Waals surface area (Å²) in [5.74, 6) is 0. The fourth-order valence-corrected chi connectivity index (χ4v) is 1.51. The van der Waals surface area contributed by atoms with E-state index in [2.05, 4.69) is 11.8 Å². The van der Waals surface area contributed by atoms with Gasteiger partial charge in [-0.2, -0.15) is 0 Å². The minimum absolute atomic E-state index is 0.562. The Hall–Kier alpha value is -0.270. The molecule has 5 nitrogen and oxygen atoms in total. The molecule has 20 heavy (non-hydrogen) atoms. The maximum atomic E-state index is 5.48. The molecule has 0 heterocycles. The Labute approximate surface area is 128 Å². The summed E-state index contributed by atoms with van der Waals surface area (Å²) >= 11 is 4.84. The van der Waals surface area contributed by atoms with E-state index in [9.17, 15) is 0 Å². The summed E-state index contributed by atoms with van der Waals surface area (Å²) in [6.45, 7) is 7.99. The Bertz CT molecular complexity index is 230. The molecular formula is C14H30N2O3S. The Morgan fingerprint density at radius 1 is 0.950 bits per heavy atom. The molecule has 0 aromatic rings. The molecule has 0 spiro atoms. The molecule has 0 amide bonds. The number of rotatable bonds is 15. The summed E-state index contributed by atoms with van der Waals surface area (Å²) in [6.07, 6.45) is 3.04. The molecular weight excluding hydrogens is 276 g/mol. The largest absolute Gasteiger partial charge is 0.393 e. The summed E-state index contributed by atoms with van der Waals surface area (Å²) in [7, 11) is 2.03. The molecule has 0 atom stereocenters. The van der Waals surface area contributed by atoms with Crippen LogP contribution in [0.2, 0.25) is 0 Å². The van der Waals surface area contributed by atoms with Gasteiger partial charge in [0.25, 0.3) is 0 Å². The second-order valence-corrected chi connectivity index (χ2v) is 5.23. The van der Waals surface area contributed by atoms with Gasteiger partial charge in [0.05, 0.1) is 38.0 Å². The standard InChI is InChI=1S/C14H30N2O3S/c1-3-4-8-17-10-12-19-13-11-18-9-7-16(2)6-5-14(15)20/h3-13H2,1-2H3,(H2,15,20). The van der Waals surface area contributed by atoms with Gasteiger partial charge >= 0.3 is 0 Å². The van der Waals surface area contributed by atoms with Gasteiger partial charge in [0.2, 0.25) is 0 Å². The van der Waals surface area contributed by atoms with Crippen molar-refractivity contribution in [3.63, 3.8) is 0 Å². The lowest BCUT2D eigenvalue weighted by Crippen LogP contribution is -2.27. The van der Waals surface area contributed by atoms with Crippen molar-refractivity contribution >= 4 is 17.2 Å². The number of likely N-dealkylation sites (N-methyl/N-ethyl adjacent to an activating group) is 1. The highest BCUT2D eigenvalue weighted by atomic mass is 32.1. The van der Waals surface area contributed by atoms with E-state index in [1.807, 2.05) is 7.05 Å². The highest BCUT2D eigenvalue weighted by Crippen LogP contribution is 1.90. The molecule has 0 saturated heterocycles. The lowest BCUT2D eigenvalue weighted by Gasteiger charge is -2.16. The van der Waals surface area contributed by atoms with Crippen LogP contribution in [0.1, 0.15) is 26.2 Å². The fourth-order valence-electron chi connectivity index (χ4n) is 1.42. The third-order valence-electron chi connectivity index (χ3n) is 2.74. The van der Waals surface area contributed by atoms with Gasteiger partial charge in [0, 0.05) is 26.1 Å². The first-order valence-electron chi connectivity index (χ1n) is 7.37. The normalized spacial score (nSPS) is 11.2. The second-order valence-electron chi connectivity index (χ2n) is 4.71. The van der Waals surface area contributed by atoms with Crippen molar-refractivity contribution in [3.05, 3.63) is 0 Å². The van der Waals surface area contributed by atoms with Crippen molar-refractivity contribution in [2.45, 2.75) is 26.2 Å². The fraction of sp³-hybridized carbons (Fsp3) is 0.929. The first-order chi connectivity index (χ1) is 9.66. The quantitative estimate of drug-likeness (QED) is 0.365. The van der Waals surface area contributed by atoms with Crippen molar-refractivity contribution < 1.29 is 14.2 Å². The summed E-state index contributed by atoms with van der Waals surface area (Å²) in [4.78, 5) is 2.72. The lowest BCUT2D eigenvalue weighted by atomic mass is 10.4. The molecule has 6 heteroatoms. The van der Waals surface area contributed by atoms with E-state index in [0.717, 1.165) is 32.5 Å². The maximum Gasteiger partial charge on any atom is 0.0740 e. The predicted molar refractivity (Wildman–Crippen MR) is 86.3 cm³/mol. The van der Waals surface area contributed by atoms with Crippen molar-refractivity contribution in [1.29, 1.82) is 0 Å². The molecule has 0 aliphatic heterocycles. The van der Waals surface area contributed by atoms with Crippen molar-refractivity contribution in [3.8, 4) is 0 Å². The van der Waals surface area contributed by atoms with Gasteiger partial charge in [-0.25, -0.2) is 0 Å². The molecule has 0 aromatic heterocycles. The van der Waals surface area contributed by atoms with Crippen LogP contribution in [0.5, 0.6) is 0 Å². The molecule has 0 unspecified atom stereocenters. The first kappa shape index (κ1) is 19.7. The van der Waals surface area contributed by atoms with Gasteiger partial charge in [-0.3, -0.25) is 0 Å². The van der Waals surface area contributed by atoms with Crippen LogP contribution in [-0.4, -0.2) is 69.7 Å². The van der Waals surface area contributed by atoms with Gasteiger partial charge in [0.15, 0.2) is 0 Å². The SMILES string of the molecule is CCCCOCCOCCOCCN(C)CCC(N)=S. The summed E-state index contributed by atoms with van der Waals surface area (Å²) in [5, 5.41) is 0. The Morgan fingerprint density at radius 2 is 1.50 bits per heavy atom. The molecule has 0 fully saturated rings. The lowest BCUT2D eigenvalue weighted by molar-refractivity contribution is 0.0112. The molecule has 0 rings (SSSR count). The van der Waals surface area contributed by atoms with E-state index >= 15 is 0 Å². The third kappa shape index (κ3) is 15.8. The average Bonchev–Trinajstić information content (AvgIpc) is 2.42. The zero-order chi connectivity index (χ0) is 15.1. The number of thiocarbonyl (C=S) groups is 1. The smallest absolute Gasteiger partial charge is 0.0740 e. The van der Waals surface area contributed by atoms with E-state index in [4.69, 9.17) is 32.2 Å². The Balaban J connectivity index is 3.10. The summed E-state index contributed by atoms with van der Waals surface area (Å²) < 4.78 is 16.3. The minimum Gasteiger partial charge on any atom is -0.393 e. The van der Waals surface area contributed by atoms with Crippen LogP contribution in [0.4, 0.5) is 0 Å². The monoisotopic (exact) mass is 306 g/mol. The van der Waals surface area contributed by atoms with Crippen LogP contribution in [0.25, 0.3) is 0 Å². The molecule has 0 bridgehead atoms. The van der Waals surface area contributed by atoms with Crippen molar-refractivity contribution in [2.75, 3.05) is 59.8 Å². The molecule has 2 N–H and O–H groups in total. The van der Waals surface area contributed by atoms with E-state index in [-0.39, 0.29) is 0 Å². The maximum absolute atomic E-state index is 5.48. The molecule has 0 aliphatic carbocycles. The zero-order valence-corrected chi connectivity index (χ0v) is 13.8. The molecule has 120 valence electrons. The Morgan fingerprint density at radius 3 is 2.05 bits per heavy atom. The number of ether oxygens (including phenoxy) is 3. The van der Waals surface area contributed by atoms with Crippen LogP contribution in [0.15, 0.2) is 0 Å². The second kappa shape index (κ2) is 15.1. The van der Waals surface area contributed by atoms with E-state index in [0.29, 0.717) is 38.0 Å². The van der Waals surface area contributed by atoms with Crippen molar-refractivity contribution in [2.24, 2.45) is 5.73 Å². The highest BCUT2D eigenvalue weighted by Gasteiger charge is 1.99. The Kier molecular flexibility index (Phi) is 14.9. The van der Waals surface area contributed by atoms with Crippen LogP contribution in [-0.2, 0) is 14.2 Å². The van der Waals surface area contributed by atoms with Gasteiger partial charge in [-0.1, -0.05) is 25.6 Å². The molecule has 0 saturated carbocycles. The minimum atomic E-state index is 0.562. The van der Waals surface area contributed by atoms with Crippen LogP contribution >= 0.6 is 12.2 Å². The van der Waals surface area contributed by atoms with Gasteiger partial charge < -0.3 is 24.8 Å². The average molecular weight is 306 g/mol. The molecule has 0 aromatic carbocycles. The highest BCUT2D eigenvalue weighted by molar-refractivity contribution is 7.80. The predicted octanol–water partition coefficient (Wildman–Crippen LogP) is 1.44. The van der Waals surface area contributed by atoms with E-state index < -0.39 is 0 Å². The van der Waals surface area contributed by atoms with Crippen LogP contribution in [0, 0.1) is 0 Å². The number of hydrogen-bond donors (Lipinski definition) is 1. The van der Waals surface area contributed by atoms with Crippen molar-refractivity contribution in [1.82, 2.24) is 4.90 Å². The van der Waals surface area contributed by atoms with E-state index in [1.165, 1.54) is 6.42 Å². The number of nitrogens with two attached hydrogens (primary N) is 1. The summed E-state index contributed by atoms with van der Waals surface area (Å²) in [5.41, 5.74) is 5.45. The molecule has 0 aliphatic rings. The number of unbranched alkanes of at least 4 members (excludes halogenated alkanes) is 1. The third-order valence-corrected chi connectivity index (χ3v) is 2.95. The number of nitrogens with zero attached hydrogens (tertiary/aromatic N) is 1. The number of hydrogen-bond acceptors (Lipinski definition) is 5. The van der Waals surface area contributed by atoms with Crippen LogP contribution in [0.3, 0.4) is 0 Å². The first-order valence-corrected chi connectivity index (χ1v) is 7.77. The van der Waals surface area contributed by atoms with E-state index in [1.54, 1.807) is 0 Å². The van der Waals surface area contributed by atoms with Gasteiger partial charge in [-0.05, 0) is 13.5 Å². The van der Waals surface area contributed by atoms with Crippen LogP contribution < -0.4 is 5.73 Å². The topological polar surface area (TPSA) is 57.0 Å².